The normalized spacial score (nSPS) is 20.7. The van der Waals surface area contributed by atoms with E-state index in [9.17, 15) is 41.1 Å². The van der Waals surface area contributed by atoms with Crippen LogP contribution in [0.1, 0.15) is 0 Å². The number of aliphatic carboxylic acids is 1. The number of sulfonamides is 1. The fourth-order valence-electron chi connectivity index (χ4n) is 2.96. The van der Waals surface area contributed by atoms with Gasteiger partial charge in [-0.2, -0.15) is 13.2 Å². The van der Waals surface area contributed by atoms with Gasteiger partial charge < -0.3 is 10.4 Å². The van der Waals surface area contributed by atoms with Crippen LogP contribution in [0.15, 0.2) is 16.4 Å². The molecule has 0 bridgehead atoms. The number of thioether (sulfide) groups is 3. The Balaban J connectivity index is 1.66. The molecule has 4 N–H and O–H groups in total. The van der Waals surface area contributed by atoms with Gasteiger partial charge in [0.15, 0.2) is 0 Å². The number of alkyl halides is 3. The number of carboxylic acids is 1. The maximum atomic E-state index is 12.5. The van der Waals surface area contributed by atoms with Crippen LogP contribution in [0.25, 0.3) is 0 Å². The molecule has 1 aromatic heterocycles. The lowest BCUT2D eigenvalue weighted by atomic mass is 10.0. The van der Waals surface area contributed by atoms with Crippen LogP contribution in [0, 0.1) is 0 Å². The van der Waals surface area contributed by atoms with Crippen LogP contribution in [-0.4, -0.2) is 96.4 Å². The van der Waals surface area contributed by atoms with Gasteiger partial charge in [0.2, 0.25) is 21.1 Å². The Bertz CT molecular complexity index is 1130. The van der Waals surface area contributed by atoms with Gasteiger partial charge in [0.05, 0.1) is 18.1 Å². The van der Waals surface area contributed by atoms with E-state index in [0.29, 0.717) is 5.57 Å². The fourth-order valence-corrected chi connectivity index (χ4v) is 6.16. The molecular weight excluding hydrogens is 547 g/mol. The number of hydrogen-bond acceptors (Lipinski definition) is 11. The number of aryl methyl sites for hydroxylation is 1. The number of carbonyl (C=O) groups is 3. The monoisotopic (exact) mass is 563 g/mol. The number of nitrogens with one attached hydrogen (secondary N) is 1. The summed E-state index contributed by atoms with van der Waals surface area (Å²) in [6.45, 7) is -0.117. The minimum atomic E-state index is -4.60. The zero-order chi connectivity index (χ0) is 25.3. The molecule has 20 heteroatoms. The topological polar surface area (TPSA) is 190 Å². The summed E-state index contributed by atoms with van der Waals surface area (Å²) in [5, 5.41) is 27.1. The van der Waals surface area contributed by atoms with E-state index in [2.05, 4.69) is 20.8 Å². The number of carbonyl (C=O) groups excluding carboxylic acids is 2. The first kappa shape index (κ1) is 26.6. The highest BCUT2D eigenvalue weighted by molar-refractivity contribution is 8.01. The number of amides is 2. The number of primary sulfonamides is 1. The van der Waals surface area contributed by atoms with Gasteiger partial charge in [0.1, 0.15) is 17.1 Å². The van der Waals surface area contributed by atoms with E-state index in [1.807, 2.05) is 0 Å². The van der Waals surface area contributed by atoms with Crippen molar-refractivity contribution in [3.05, 3.63) is 11.3 Å². The Kier molecular flexibility index (Phi) is 8.05. The molecule has 2 amide bonds. The first-order chi connectivity index (χ1) is 15.8. The predicted octanol–water partition coefficient (Wildman–Crippen LogP) is -0.955. The molecule has 0 aromatic carbocycles. The molecule has 1 fully saturated rings. The SMILES string of the molecule is NS(=O)(=O)CCn1nnnc1SCC1=C(C(=O)O)N2C(=O)C(NC(=O)CSC(F)(F)F)[C@H]2SC1. The van der Waals surface area contributed by atoms with Crippen molar-refractivity contribution in [2.75, 3.05) is 23.0 Å². The third kappa shape index (κ3) is 6.55. The minimum Gasteiger partial charge on any atom is -0.477 e. The highest BCUT2D eigenvalue weighted by atomic mass is 32.2. The maximum Gasteiger partial charge on any atom is 0.442 e. The van der Waals surface area contributed by atoms with E-state index in [-0.39, 0.29) is 28.9 Å². The van der Waals surface area contributed by atoms with Crippen molar-refractivity contribution in [3.8, 4) is 0 Å². The van der Waals surface area contributed by atoms with Crippen LogP contribution in [0.3, 0.4) is 0 Å². The highest BCUT2D eigenvalue weighted by Crippen LogP contribution is 2.41. The summed E-state index contributed by atoms with van der Waals surface area (Å²) in [6.07, 6.45) is 0. The summed E-state index contributed by atoms with van der Waals surface area (Å²) in [4.78, 5) is 37.1. The number of hydrogen-bond donors (Lipinski definition) is 3. The smallest absolute Gasteiger partial charge is 0.442 e. The van der Waals surface area contributed by atoms with E-state index < -0.39 is 68.0 Å². The molecule has 0 aliphatic carbocycles. The lowest BCUT2D eigenvalue weighted by Gasteiger charge is -2.49. The summed E-state index contributed by atoms with van der Waals surface area (Å²) in [5.41, 5.74) is -4.54. The van der Waals surface area contributed by atoms with Gasteiger partial charge >= 0.3 is 11.5 Å². The van der Waals surface area contributed by atoms with Crippen LogP contribution in [0.4, 0.5) is 13.2 Å². The second-order valence-electron chi connectivity index (χ2n) is 6.79. The van der Waals surface area contributed by atoms with Crippen molar-refractivity contribution < 1.29 is 41.1 Å². The second kappa shape index (κ2) is 10.3. The molecule has 0 saturated carbocycles. The van der Waals surface area contributed by atoms with E-state index in [0.717, 1.165) is 28.4 Å². The highest BCUT2D eigenvalue weighted by Gasteiger charge is 2.54. The van der Waals surface area contributed by atoms with Crippen LogP contribution < -0.4 is 10.5 Å². The Morgan fingerprint density at radius 1 is 1.35 bits per heavy atom. The Morgan fingerprint density at radius 3 is 2.68 bits per heavy atom. The van der Waals surface area contributed by atoms with Crippen molar-refractivity contribution in [1.29, 1.82) is 0 Å². The number of halogens is 3. The molecule has 1 unspecified atom stereocenters. The van der Waals surface area contributed by atoms with Gasteiger partial charge in [0, 0.05) is 11.5 Å². The van der Waals surface area contributed by atoms with Crippen LogP contribution in [-0.2, 0) is 31.0 Å². The van der Waals surface area contributed by atoms with Gasteiger partial charge in [-0.05, 0) is 27.8 Å². The average Bonchev–Trinajstić information content (AvgIpc) is 3.18. The third-order valence-corrected chi connectivity index (χ3v) is 8.26. The molecule has 0 spiro atoms. The van der Waals surface area contributed by atoms with E-state index in [4.69, 9.17) is 5.14 Å². The summed E-state index contributed by atoms with van der Waals surface area (Å²) in [5.74, 6) is -4.25. The van der Waals surface area contributed by atoms with E-state index in [1.165, 1.54) is 4.68 Å². The predicted molar refractivity (Wildman–Crippen MR) is 115 cm³/mol. The van der Waals surface area contributed by atoms with Crippen molar-refractivity contribution in [2.24, 2.45) is 5.14 Å². The summed E-state index contributed by atoms with van der Waals surface area (Å²) < 4.78 is 60.2. The Hall–Kier alpha value is -2.03. The molecule has 2 atom stereocenters. The quantitative estimate of drug-likeness (QED) is 0.234. The largest absolute Gasteiger partial charge is 0.477 e. The lowest BCUT2D eigenvalue weighted by Crippen LogP contribution is -2.70. The van der Waals surface area contributed by atoms with Gasteiger partial charge in [-0.3, -0.25) is 14.5 Å². The lowest BCUT2D eigenvalue weighted by molar-refractivity contribution is -0.150. The number of aromatic nitrogens is 4. The number of nitrogens with two attached hydrogens (primary N) is 1. The second-order valence-corrected chi connectivity index (χ2v) is 11.6. The first-order valence-corrected chi connectivity index (χ1v) is 13.8. The molecule has 188 valence electrons. The number of rotatable bonds is 10. The van der Waals surface area contributed by atoms with Gasteiger partial charge in [-0.1, -0.05) is 11.8 Å². The molecule has 1 aromatic rings. The van der Waals surface area contributed by atoms with Gasteiger partial charge in [0.25, 0.3) is 5.91 Å². The number of nitrogens with zero attached hydrogens (tertiary/aromatic N) is 5. The van der Waals surface area contributed by atoms with Crippen LogP contribution in [0.2, 0.25) is 0 Å². The van der Waals surface area contributed by atoms with Crippen molar-refractivity contribution >= 4 is 63.1 Å². The molecule has 0 radical (unpaired) electrons. The summed E-state index contributed by atoms with van der Waals surface area (Å²) in [7, 11) is -3.76. The first-order valence-electron chi connectivity index (χ1n) is 9.06. The molecule has 2 aliphatic rings. The molecule has 34 heavy (non-hydrogen) atoms. The number of carboxylic acid groups (broad SMARTS) is 1. The van der Waals surface area contributed by atoms with Crippen molar-refractivity contribution in [3.63, 3.8) is 0 Å². The molecule has 13 nitrogen and oxygen atoms in total. The standard InChI is InChI=1S/C14H16F3N7O6S4/c15-14(16,17)33-5-7(25)19-8-10(26)24-9(12(27)28)6(3-31-11(8)24)4-32-13-20-21-22-23(13)1-2-34(18,29)30/h8,11H,1-5H2,(H,19,25)(H,27,28)(H2,18,29,30)/t8?,11-/m1/s1. The fraction of sp³-hybridized carbons (Fsp3) is 0.571. The van der Waals surface area contributed by atoms with Crippen LogP contribution in [0.5, 0.6) is 0 Å². The Morgan fingerprint density at radius 2 is 2.06 bits per heavy atom. The maximum absolute atomic E-state index is 12.5. The molecule has 2 aliphatic heterocycles. The minimum absolute atomic E-state index is 0.0557. The third-order valence-electron chi connectivity index (χ3n) is 4.40. The summed E-state index contributed by atoms with van der Waals surface area (Å²) in [6, 6.07) is -1.14. The zero-order valence-electron chi connectivity index (χ0n) is 16.8. The van der Waals surface area contributed by atoms with Gasteiger partial charge in [-0.25, -0.2) is 23.0 Å². The van der Waals surface area contributed by atoms with Gasteiger partial charge in [-0.15, -0.1) is 16.9 Å². The Labute approximate surface area is 202 Å². The number of β-lactam (4-membered cyclic amide) rings is 1. The zero-order valence-corrected chi connectivity index (χ0v) is 20.0. The number of tetrazole rings is 1. The van der Waals surface area contributed by atoms with Crippen LogP contribution >= 0.6 is 35.3 Å². The average molecular weight is 564 g/mol. The molecule has 3 rings (SSSR count). The van der Waals surface area contributed by atoms with Crippen molar-refractivity contribution in [2.45, 2.75) is 28.6 Å². The molecular formula is C14H16F3N7O6S4. The van der Waals surface area contributed by atoms with E-state index in [1.54, 1.807) is 0 Å². The molecule has 1 saturated heterocycles. The summed E-state index contributed by atoms with van der Waals surface area (Å²) >= 11 is 1.63. The van der Waals surface area contributed by atoms with Crippen molar-refractivity contribution in [1.82, 2.24) is 30.4 Å². The molecule has 3 heterocycles. The van der Waals surface area contributed by atoms with E-state index >= 15 is 0 Å². The number of fused-ring (bicyclic) bond motifs is 1.